The average molecular weight is 415 g/mol. The third-order valence-electron chi connectivity index (χ3n) is 4.92. The summed E-state index contributed by atoms with van der Waals surface area (Å²) in [6.45, 7) is 2.21. The normalized spacial score (nSPS) is 15.2. The quantitative estimate of drug-likeness (QED) is 0.584. The fourth-order valence-electron chi connectivity index (χ4n) is 3.52. The van der Waals surface area contributed by atoms with Crippen molar-refractivity contribution in [3.05, 3.63) is 71.6 Å². The molecule has 8 heteroatoms. The van der Waals surface area contributed by atoms with E-state index in [1.54, 1.807) is 30.5 Å². The van der Waals surface area contributed by atoms with E-state index >= 15 is 0 Å². The summed E-state index contributed by atoms with van der Waals surface area (Å²) in [7, 11) is 0. The van der Waals surface area contributed by atoms with Crippen LogP contribution in [0.4, 0.5) is 10.5 Å². The van der Waals surface area contributed by atoms with Gasteiger partial charge < -0.3 is 24.5 Å². The minimum atomic E-state index is -1.30. The fourth-order valence-corrected chi connectivity index (χ4v) is 3.52. The third-order valence-corrected chi connectivity index (χ3v) is 4.92. The number of urea groups is 1. The van der Waals surface area contributed by atoms with E-state index in [1.165, 1.54) is 11.2 Å². The fraction of sp³-hybridized carbons (Fsp3) is 0.190. The minimum absolute atomic E-state index is 0. The molecule has 1 N–H and O–H groups in total. The van der Waals surface area contributed by atoms with Crippen molar-refractivity contribution in [2.45, 2.75) is 19.4 Å². The van der Waals surface area contributed by atoms with Gasteiger partial charge in [-0.2, -0.15) is 0 Å². The number of nitrogens with zero attached hydrogens (tertiary/aromatic N) is 2. The molecule has 4 rings (SSSR count). The van der Waals surface area contributed by atoms with Crippen molar-refractivity contribution >= 4 is 17.7 Å². The third kappa shape index (κ3) is 4.46. The van der Waals surface area contributed by atoms with E-state index in [1.807, 2.05) is 25.1 Å². The largest absolute Gasteiger partial charge is 1.00 e. The Kier molecular flexibility index (Phi) is 6.92. The molecule has 142 valence electrons. The maximum Gasteiger partial charge on any atom is 1.00 e. The first-order chi connectivity index (χ1) is 13.5. The summed E-state index contributed by atoms with van der Waals surface area (Å²) in [5.41, 5.74) is 3.73. The number of nitrogens with one attached hydrogen (secondary N) is 1. The van der Waals surface area contributed by atoms with Crippen LogP contribution in [-0.2, 0) is 11.2 Å². The number of benzene rings is 2. The Morgan fingerprint density at radius 2 is 2.03 bits per heavy atom. The van der Waals surface area contributed by atoms with Crippen molar-refractivity contribution in [2.75, 3.05) is 11.9 Å². The number of amides is 2. The number of carboxylic acid groups (broad SMARTS) is 1. The number of fused-ring (bicyclic) bond motifs is 1. The Balaban J connectivity index is 0.00000240. The van der Waals surface area contributed by atoms with Crippen LogP contribution in [0.3, 0.4) is 0 Å². The first-order valence-electron chi connectivity index (χ1n) is 8.91. The second kappa shape index (κ2) is 9.23. The molecule has 1 aliphatic rings. The first-order valence-corrected chi connectivity index (χ1v) is 8.91. The maximum absolute atomic E-state index is 12.9. The molecule has 7 nitrogen and oxygen atoms in total. The minimum Gasteiger partial charge on any atom is -0.548 e. The van der Waals surface area contributed by atoms with Crippen LogP contribution in [0.5, 0.6) is 0 Å². The van der Waals surface area contributed by atoms with Crippen LogP contribution in [0, 0.1) is 6.92 Å². The van der Waals surface area contributed by atoms with E-state index in [9.17, 15) is 14.7 Å². The number of hydrogen-bond acceptors (Lipinski definition) is 5. The van der Waals surface area contributed by atoms with Gasteiger partial charge in [0.25, 0.3) is 0 Å². The molecular weight excluding hydrogens is 397 g/mol. The molecule has 29 heavy (non-hydrogen) atoms. The van der Waals surface area contributed by atoms with Crippen molar-refractivity contribution in [3.8, 4) is 11.5 Å². The summed E-state index contributed by atoms with van der Waals surface area (Å²) < 4.78 is 5.34. The van der Waals surface area contributed by atoms with Crippen LogP contribution >= 0.6 is 0 Å². The molecule has 1 aromatic heterocycles. The number of carbonyl (C=O) groups is 2. The monoisotopic (exact) mass is 415 g/mol. The van der Waals surface area contributed by atoms with Crippen molar-refractivity contribution in [1.82, 2.24) is 9.88 Å². The second-order valence-electron chi connectivity index (χ2n) is 6.66. The molecule has 1 aliphatic heterocycles. The van der Waals surface area contributed by atoms with Crippen molar-refractivity contribution in [3.63, 3.8) is 0 Å². The van der Waals surface area contributed by atoms with Gasteiger partial charge in [-0.25, -0.2) is 9.78 Å². The topological polar surface area (TPSA) is 98.5 Å². The summed E-state index contributed by atoms with van der Waals surface area (Å²) in [6.07, 6.45) is 3.62. The van der Waals surface area contributed by atoms with Crippen molar-refractivity contribution in [1.29, 1.82) is 0 Å². The van der Waals surface area contributed by atoms with E-state index in [2.05, 4.69) is 10.3 Å². The van der Waals surface area contributed by atoms with Gasteiger partial charge in [-0.15, -0.1) is 0 Å². The van der Waals surface area contributed by atoms with Crippen LogP contribution < -0.4 is 61.8 Å². The van der Waals surface area contributed by atoms with Crippen LogP contribution in [0.1, 0.15) is 22.7 Å². The van der Waals surface area contributed by atoms with E-state index in [-0.39, 0.29) is 51.4 Å². The number of aliphatic carboxylic acids is 1. The second-order valence-corrected chi connectivity index (χ2v) is 6.66. The number of rotatable bonds is 3. The number of carboxylic acids is 1. The van der Waals surface area contributed by atoms with Crippen molar-refractivity contribution < 1.29 is 70.5 Å². The van der Waals surface area contributed by atoms with Crippen LogP contribution in [0.15, 0.2) is 59.3 Å². The van der Waals surface area contributed by atoms with Gasteiger partial charge in [0.05, 0.1) is 18.2 Å². The summed E-state index contributed by atoms with van der Waals surface area (Å²) in [4.78, 5) is 30.1. The van der Waals surface area contributed by atoms with Crippen molar-refractivity contribution in [2.24, 2.45) is 0 Å². The molecule has 3 aromatic rings. The smallest absolute Gasteiger partial charge is 0.548 e. The average Bonchev–Trinajstić information content (AvgIpc) is 3.23. The molecule has 1 unspecified atom stereocenters. The zero-order valence-electron chi connectivity index (χ0n) is 16.2. The van der Waals surface area contributed by atoms with Gasteiger partial charge in [-0.3, -0.25) is 0 Å². The number of oxazole rings is 1. The molecule has 0 bridgehead atoms. The molecule has 0 fully saturated rings. The van der Waals surface area contributed by atoms with Gasteiger partial charge in [-0.05, 0) is 42.2 Å². The van der Waals surface area contributed by atoms with E-state index in [0.29, 0.717) is 30.1 Å². The van der Waals surface area contributed by atoms with E-state index in [0.717, 1.165) is 16.7 Å². The number of hydrogen-bond donors (Lipinski definition) is 1. The van der Waals surface area contributed by atoms with Crippen LogP contribution in [0.25, 0.3) is 11.5 Å². The number of aromatic nitrogens is 1. The summed E-state index contributed by atoms with van der Waals surface area (Å²) >= 11 is 0. The van der Waals surface area contributed by atoms with Gasteiger partial charge in [-0.1, -0.05) is 30.3 Å². The molecule has 2 heterocycles. The number of anilines is 1. The van der Waals surface area contributed by atoms with Gasteiger partial charge >= 0.3 is 57.4 Å². The van der Waals surface area contributed by atoms with E-state index < -0.39 is 18.0 Å². The molecule has 0 radical (unpaired) electrons. The Morgan fingerprint density at radius 1 is 1.24 bits per heavy atom. The van der Waals surface area contributed by atoms with Gasteiger partial charge in [0.15, 0.2) is 0 Å². The van der Waals surface area contributed by atoms with Gasteiger partial charge in [0.2, 0.25) is 5.89 Å². The molecular formula is C21H18KN3O4. The number of aryl methyl sites for hydroxylation is 1. The summed E-state index contributed by atoms with van der Waals surface area (Å²) in [5, 5.41) is 14.6. The molecule has 2 amide bonds. The first kappa shape index (κ1) is 21.7. The zero-order valence-corrected chi connectivity index (χ0v) is 19.3. The molecule has 0 saturated carbocycles. The summed E-state index contributed by atoms with van der Waals surface area (Å²) in [5.74, 6) is -0.847. The van der Waals surface area contributed by atoms with Crippen LogP contribution in [0.2, 0.25) is 0 Å². The Hall–Kier alpha value is -1.97. The Morgan fingerprint density at radius 3 is 2.76 bits per heavy atom. The standard InChI is InChI=1S/C21H19N3O4.K/c1-13-6-7-15(12-17(13)19-22-9-11-28-19)23-21(27)24-10-8-14-4-2-3-5-16(14)18(24)20(25)26;/h2-7,9,11-12,18H,8,10H2,1H3,(H,23,27)(H,25,26);/q;+1/p-1. The SMILES string of the molecule is Cc1ccc(NC(=O)N2CCc3ccccc3C2C(=O)[O-])cc1-c1ncco1.[K+]. The summed E-state index contributed by atoms with van der Waals surface area (Å²) in [6, 6.07) is 11.0. The Labute approximate surface area is 210 Å². The zero-order chi connectivity index (χ0) is 19.7. The predicted octanol–water partition coefficient (Wildman–Crippen LogP) is -0.465. The molecule has 2 aromatic carbocycles. The Bertz CT molecular complexity index is 1040. The molecule has 0 aliphatic carbocycles. The molecule has 0 saturated heterocycles. The van der Waals surface area contributed by atoms with E-state index in [4.69, 9.17) is 4.42 Å². The van der Waals surface area contributed by atoms with Gasteiger partial charge in [0, 0.05) is 17.8 Å². The van der Waals surface area contributed by atoms with Gasteiger partial charge in [0.1, 0.15) is 6.26 Å². The predicted molar refractivity (Wildman–Crippen MR) is 100 cm³/mol. The maximum atomic E-state index is 12.9. The molecule has 1 atom stereocenters. The number of carbonyl (C=O) groups excluding carboxylic acids is 2. The van der Waals surface area contributed by atoms with Crippen LogP contribution in [-0.4, -0.2) is 28.4 Å². The molecule has 0 spiro atoms.